The van der Waals surface area contributed by atoms with E-state index in [1.807, 2.05) is 0 Å². The third-order valence-electron chi connectivity index (χ3n) is 2.89. The van der Waals surface area contributed by atoms with Gasteiger partial charge in [-0.25, -0.2) is 9.59 Å². The zero-order chi connectivity index (χ0) is 20.4. The van der Waals surface area contributed by atoms with Crippen molar-refractivity contribution >= 4 is 24.0 Å². The van der Waals surface area contributed by atoms with Gasteiger partial charge in [0, 0.05) is 17.7 Å². The summed E-state index contributed by atoms with van der Waals surface area (Å²) < 4.78 is 50.5. The van der Waals surface area contributed by atoms with Crippen LogP contribution in [-0.2, 0) is 14.3 Å². The van der Waals surface area contributed by atoms with Crippen LogP contribution in [0, 0.1) is 0 Å². The molecule has 0 aliphatic heterocycles. The first kappa shape index (κ1) is 21.8. The number of carbonyl (C=O) groups is 3. The zero-order valence-corrected chi connectivity index (χ0v) is 14.4. The summed E-state index contributed by atoms with van der Waals surface area (Å²) in [4.78, 5) is 34.0. The minimum absolute atomic E-state index is 0.428. The van der Waals surface area contributed by atoms with E-state index in [1.54, 1.807) is 23.5 Å². The number of methoxy groups -OCH3 is 2. The van der Waals surface area contributed by atoms with Crippen molar-refractivity contribution in [1.82, 2.24) is 10.6 Å². The van der Waals surface area contributed by atoms with Gasteiger partial charge in [-0.1, -0.05) is 0 Å². The number of imide groups is 1. The fourth-order valence-electron chi connectivity index (χ4n) is 1.69. The number of ether oxygens (including phenoxy) is 3. The van der Waals surface area contributed by atoms with Crippen molar-refractivity contribution in [1.29, 1.82) is 0 Å². The zero-order valence-electron chi connectivity index (χ0n) is 14.4. The van der Waals surface area contributed by atoms with Gasteiger partial charge in [0.15, 0.2) is 6.61 Å². The van der Waals surface area contributed by atoms with Crippen LogP contribution in [0.3, 0.4) is 0 Å². The number of amides is 3. The van der Waals surface area contributed by atoms with Gasteiger partial charge in [0.2, 0.25) is 0 Å². The molecule has 0 bridgehead atoms. The highest BCUT2D eigenvalue weighted by atomic mass is 19.4. The highest BCUT2D eigenvalue weighted by Crippen LogP contribution is 2.25. The molecule has 1 aromatic rings. The van der Waals surface area contributed by atoms with Crippen LogP contribution < -0.4 is 20.1 Å². The molecule has 1 rings (SSSR count). The molecule has 0 saturated heterocycles. The quantitative estimate of drug-likeness (QED) is 0.542. The Kier molecular flexibility index (Phi) is 8.11. The Morgan fingerprint density at radius 3 is 2.44 bits per heavy atom. The molecular formula is C16H17F3N2O6. The van der Waals surface area contributed by atoms with Crippen LogP contribution in [0.4, 0.5) is 18.0 Å². The smallest absolute Gasteiger partial charge is 0.405 e. The van der Waals surface area contributed by atoms with E-state index in [9.17, 15) is 27.6 Å². The van der Waals surface area contributed by atoms with E-state index >= 15 is 0 Å². The molecule has 148 valence electrons. The predicted octanol–water partition coefficient (Wildman–Crippen LogP) is 1.65. The number of urea groups is 1. The summed E-state index contributed by atoms with van der Waals surface area (Å²) in [6.07, 6.45) is -2.23. The van der Waals surface area contributed by atoms with Crippen LogP contribution in [0.15, 0.2) is 24.3 Å². The topological polar surface area (TPSA) is 103 Å². The second kappa shape index (κ2) is 10.0. The first-order valence-corrected chi connectivity index (χ1v) is 7.36. The number of hydrogen-bond donors (Lipinski definition) is 2. The monoisotopic (exact) mass is 390 g/mol. The van der Waals surface area contributed by atoms with Gasteiger partial charge >= 0.3 is 18.2 Å². The number of carbonyl (C=O) groups excluding carboxylic acids is 3. The van der Waals surface area contributed by atoms with Gasteiger partial charge < -0.3 is 19.5 Å². The van der Waals surface area contributed by atoms with Crippen LogP contribution in [0.25, 0.3) is 6.08 Å². The van der Waals surface area contributed by atoms with Crippen molar-refractivity contribution in [2.24, 2.45) is 0 Å². The van der Waals surface area contributed by atoms with Crippen molar-refractivity contribution in [2.45, 2.75) is 6.18 Å². The second-order valence-corrected chi connectivity index (χ2v) is 4.89. The van der Waals surface area contributed by atoms with Gasteiger partial charge in [0.05, 0.1) is 14.2 Å². The highest BCUT2D eigenvalue weighted by molar-refractivity contribution is 5.96. The molecule has 0 aliphatic carbocycles. The summed E-state index contributed by atoms with van der Waals surface area (Å²) in [6, 6.07) is 3.50. The van der Waals surface area contributed by atoms with Crippen LogP contribution in [0.2, 0.25) is 0 Å². The minimum atomic E-state index is -4.61. The van der Waals surface area contributed by atoms with Gasteiger partial charge in [-0.05, 0) is 18.2 Å². The molecule has 11 heteroatoms. The highest BCUT2D eigenvalue weighted by Gasteiger charge is 2.28. The van der Waals surface area contributed by atoms with Crippen LogP contribution in [0.5, 0.6) is 11.5 Å². The number of hydrogen-bond acceptors (Lipinski definition) is 6. The van der Waals surface area contributed by atoms with Crippen molar-refractivity contribution in [2.75, 3.05) is 27.4 Å². The molecule has 0 aliphatic rings. The molecular weight excluding hydrogens is 373 g/mol. The first-order valence-electron chi connectivity index (χ1n) is 7.36. The summed E-state index contributed by atoms with van der Waals surface area (Å²) in [6.45, 7) is -2.44. The predicted molar refractivity (Wildman–Crippen MR) is 87.1 cm³/mol. The lowest BCUT2D eigenvalue weighted by Gasteiger charge is -2.09. The maximum absolute atomic E-state index is 11.9. The van der Waals surface area contributed by atoms with Crippen molar-refractivity contribution < 1.29 is 41.8 Å². The SMILES string of the molecule is COc1ccc(/C=C/C(=O)OCC(=O)NC(=O)NCC(F)(F)F)c(OC)c1. The Morgan fingerprint density at radius 2 is 1.85 bits per heavy atom. The number of halogens is 3. The maximum atomic E-state index is 11.9. The van der Waals surface area contributed by atoms with E-state index in [4.69, 9.17) is 9.47 Å². The van der Waals surface area contributed by atoms with Crippen LogP contribution >= 0.6 is 0 Å². The maximum Gasteiger partial charge on any atom is 0.405 e. The molecule has 0 atom stereocenters. The molecule has 0 heterocycles. The first-order chi connectivity index (χ1) is 12.6. The molecule has 8 nitrogen and oxygen atoms in total. The lowest BCUT2D eigenvalue weighted by atomic mass is 10.2. The normalized spacial score (nSPS) is 11.0. The number of alkyl halides is 3. The molecule has 0 aromatic heterocycles. The molecule has 0 fully saturated rings. The summed E-state index contributed by atoms with van der Waals surface area (Å²) in [5.74, 6) is -1.01. The Balaban J connectivity index is 2.47. The average molecular weight is 390 g/mol. The van der Waals surface area contributed by atoms with Gasteiger partial charge in [0.25, 0.3) is 5.91 Å². The van der Waals surface area contributed by atoms with Crippen LogP contribution in [-0.4, -0.2) is 51.5 Å². The molecule has 0 saturated carbocycles. The van der Waals surface area contributed by atoms with Crippen molar-refractivity contribution in [3.63, 3.8) is 0 Å². The van der Waals surface area contributed by atoms with E-state index in [2.05, 4.69) is 4.74 Å². The van der Waals surface area contributed by atoms with Crippen molar-refractivity contribution in [3.05, 3.63) is 29.8 Å². The van der Waals surface area contributed by atoms with E-state index < -0.39 is 37.2 Å². The number of nitrogens with one attached hydrogen (secondary N) is 2. The third-order valence-corrected chi connectivity index (χ3v) is 2.89. The van der Waals surface area contributed by atoms with E-state index in [0.717, 1.165) is 6.08 Å². The second-order valence-electron chi connectivity index (χ2n) is 4.89. The summed E-state index contributed by atoms with van der Waals surface area (Å²) >= 11 is 0. The van der Waals surface area contributed by atoms with Gasteiger partial charge in [0.1, 0.15) is 18.0 Å². The van der Waals surface area contributed by atoms with E-state index in [1.165, 1.54) is 25.6 Å². The molecule has 0 unspecified atom stereocenters. The molecule has 0 spiro atoms. The number of esters is 1. The summed E-state index contributed by atoms with van der Waals surface area (Å²) in [7, 11) is 2.91. The Bertz CT molecular complexity index is 719. The van der Waals surface area contributed by atoms with Crippen LogP contribution in [0.1, 0.15) is 5.56 Å². The van der Waals surface area contributed by atoms with E-state index in [-0.39, 0.29) is 0 Å². The lowest BCUT2D eigenvalue weighted by molar-refractivity contribution is -0.143. The van der Waals surface area contributed by atoms with E-state index in [0.29, 0.717) is 17.1 Å². The Morgan fingerprint density at radius 1 is 1.15 bits per heavy atom. The third kappa shape index (κ3) is 8.61. The van der Waals surface area contributed by atoms with Gasteiger partial charge in [-0.15, -0.1) is 0 Å². The fraction of sp³-hybridized carbons (Fsp3) is 0.312. The van der Waals surface area contributed by atoms with Crippen molar-refractivity contribution in [3.8, 4) is 11.5 Å². The molecule has 2 N–H and O–H groups in total. The Hall–Kier alpha value is -3.24. The standard InChI is InChI=1S/C16H17F3N2O6/c1-25-11-5-3-10(12(7-11)26-2)4-6-14(23)27-8-13(22)21-15(24)20-9-16(17,18)19/h3-7H,8-9H2,1-2H3,(H2,20,21,22,24)/b6-4+. The average Bonchev–Trinajstić information content (AvgIpc) is 2.62. The fourth-order valence-corrected chi connectivity index (χ4v) is 1.69. The molecule has 3 amide bonds. The number of rotatable bonds is 7. The van der Waals surface area contributed by atoms with Gasteiger partial charge in [-0.2, -0.15) is 13.2 Å². The van der Waals surface area contributed by atoms with Gasteiger partial charge in [-0.3, -0.25) is 10.1 Å². The largest absolute Gasteiger partial charge is 0.497 e. The Labute approximate surface area is 152 Å². The summed E-state index contributed by atoms with van der Waals surface area (Å²) in [5, 5.41) is 3.02. The summed E-state index contributed by atoms with van der Waals surface area (Å²) in [5.41, 5.74) is 0.534. The molecule has 27 heavy (non-hydrogen) atoms. The minimum Gasteiger partial charge on any atom is -0.497 e. The lowest BCUT2D eigenvalue weighted by Crippen LogP contribution is -2.44. The molecule has 1 aromatic carbocycles. The molecule has 0 radical (unpaired) electrons. The number of benzene rings is 1.